The van der Waals surface area contributed by atoms with Crippen molar-refractivity contribution in [3.05, 3.63) is 65.7 Å². The van der Waals surface area contributed by atoms with Gasteiger partial charge >= 0.3 is 0 Å². The van der Waals surface area contributed by atoms with Crippen molar-refractivity contribution in [1.82, 2.24) is 0 Å². The van der Waals surface area contributed by atoms with Crippen molar-refractivity contribution in [2.24, 2.45) is 4.99 Å². The fourth-order valence-corrected chi connectivity index (χ4v) is 2.97. The summed E-state index contributed by atoms with van der Waals surface area (Å²) in [5.41, 5.74) is 1.82. The Morgan fingerprint density at radius 2 is 1.82 bits per heavy atom. The average Bonchev–Trinajstić information content (AvgIpc) is 3.00. The Morgan fingerprint density at radius 1 is 1.14 bits per heavy atom. The predicted octanol–water partition coefficient (Wildman–Crippen LogP) is 2.30. The van der Waals surface area contributed by atoms with Crippen LogP contribution in [0.25, 0.3) is 0 Å². The first kappa shape index (κ1) is 14.9. The third-order valence-corrected chi connectivity index (χ3v) is 4.56. The molecular weight excluding hydrogens is 298 g/mol. The lowest BCUT2D eigenvalue weighted by Crippen LogP contribution is -2.18. The summed E-state index contributed by atoms with van der Waals surface area (Å²) >= 11 is 0. The molecular formula is C17H17NO3S. The van der Waals surface area contributed by atoms with Gasteiger partial charge in [-0.3, -0.25) is 4.21 Å². The van der Waals surface area contributed by atoms with E-state index < -0.39 is 10.8 Å². The minimum absolute atomic E-state index is 0.0809. The molecule has 22 heavy (non-hydrogen) atoms. The molecule has 3 rings (SSSR count). The molecule has 1 heterocycles. The Morgan fingerprint density at radius 3 is 2.41 bits per heavy atom. The molecule has 4 nitrogen and oxygen atoms in total. The summed E-state index contributed by atoms with van der Waals surface area (Å²) < 4.78 is 17.4. The fourth-order valence-electron chi connectivity index (χ4n) is 2.45. The molecule has 0 aromatic heterocycles. The molecule has 0 unspecified atom stereocenters. The van der Waals surface area contributed by atoms with E-state index in [2.05, 4.69) is 4.99 Å². The van der Waals surface area contributed by atoms with Crippen LogP contribution in [0, 0.1) is 0 Å². The summed E-state index contributed by atoms with van der Waals surface area (Å²) in [6.07, 6.45) is 1.33. The van der Waals surface area contributed by atoms with Gasteiger partial charge in [0.1, 0.15) is 6.04 Å². The molecule has 0 saturated carbocycles. The quantitative estimate of drug-likeness (QED) is 0.942. The van der Waals surface area contributed by atoms with Crippen molar-refractivity contribution >= 4 is 16.7 Å². The van der Waals surface area contributed by atoms with Crippen LogP contribution in [0.5, 0.6) is 0 Å². The number of aliphatic hydroxyl groups excluding tert-OH is 1. The lowest BCUT2D eigenvalue weighted by molar-refractivity contribution is 0.152. The van der Waals surface area contributed by atoms with Gasteiger partial charge in [0, 0.05) is 27.5 Å². The number of rotatable bonds is 4. The summed E-state index contributed by atoms with van der Waals surface area (Å²) in [5, 5.41) is 9.57. The number of benzene rings is 2. The van der Waals surface area contributed by atoms with Crippen LogP contribution in [0.2, 0.25) is 0 Å². The van der Waals surface area contributed by atoms with E-state index in [1.54, 1.807) is 6.26 Å². The third kappa shape index (κ3) is 2.96. The maximum atomic E-state index is 11.5. The normalized spacial score (nSPS) is 22.0. The van der Waals surface area contributed by atoms with Crippen LogP contribution in [0.4, 0.5) is 0 Å². The molecule has 0 fully saturated rings. The first-order valence-corrected chi connectivity index (χ1v) is 8.59. The lowest BCUT2D eigenvalue weighted by atomic mass is 10.0. The lowest BCUT2D eigenvalue weighted by Gasteiger charge is -2.16. The van der Waals surface area contributed by atoms with Gasteiger partial charge in [-0.1, -0.05) is 30.3 Å². The van der Waals surface area contributed by atoms with Crippen LogP contribution < -0.4 is 0 Å². The highest BCUT2D eigenvalue weighted by Gasteiger charge is 2.32. The Hall–Kier alpha value is -1.98. The number of ether oxygens (including phenoxy) is 1. The molecule has 0 spiro atoms. The summed E-state index contributed by atoms with van der Waals surface area (Å²) in [6, 6.07) is 16.7. The smallest absolute Gasteiger partial charge is 0.217 e. The van der Waals surface area contributed by atoms with Gasteiger partial charge in [-0.25, -0.2) is 4.99 Å². The maximum Gasteiger partial charge on any atom is 0.217 e. The Labute approximate surface area is 131 Å². The van der Waals surface area contributed by atoms with Crippen LogP contribution in [-0.4, -0.2) is 34.1 Å². The van der Waals surface area contributed by atoms with E-state index in [0.29, 0.717) is 5.90 Å². The van der Waals surface area contributed by atoms with Gasteiger partial charge in [0.2, 0.25) is 5.90 Å². The van der Waals surface area contributed by atoms with E-state index >= 15 is 0 Å². The summed E-state index contributed by atoms with van der Waals surface area (Å²) in [7, 11) is -1.00. The minimum Gasteiger partial charge on any atom is -0.467 e. The van der Waals surface area contributed by atoms with Gasteiger partial charge in [0.05, 0.1) is 6.61 Å². The molecule has 1 aliphatic heterocycles. The molecule has 1 N–H and O–H groups in total. The average molecular weight is 315 g/mol. The topological polar surface area (TPSA) is 58.9 Å². The molecule has 114 valence electrons. The van der Waals surface area contributed by atoms with Gasteiger partial charge in [0.15, 0.2) is 6.10 Å². The molecule has 5 heteroatoms. The van der Waals surface area contributed by atoms with Crippen molar-refractivity contribution in [2.75, 3.05) is 12.9 Å². The maximum absolute atomic E-state index is 11.5. The van der Waals surface area contributed by atoms with E-state index in [-0.39, 0.29) is 18.8 Å². The molecule has 0 aliphatic carbocycles. The molecule has 0 amide bonds. The zero-order valence-electron chi connectivity index (χ0n) is 12.2. The molecule has 0 bridgehead atoms. The van der Waals surface area contributed by atoms with E-state index in [9.17, 15) is 9.32 Å². The van der Waals surface area contributed by atoms with E-state index in [4.69, 9.17) is 4.74 Å². The highest BCUT2D eigenvalue weighted by atomic mass is 32.2. The molecule has 0 saturated heterocycles. The predicted molar refractivity (Wildman–Crippen MR) is 86.5 cm³/mol. The second-order valence-electron chi connectivity index (χ2n) is 5.11. The largest absolute Gasteiger partial charge is 0.467 e. The molecule has 1 aliphatic rings. The van der Waals surface area contributed by atoms with Gasteiger partial charge in [-0.05, 0) is 29.8 Å². The van der Waals surface area contributed by atoms with Gasteiger partial charge in [-0.2, -0.15) is 0 Å². The standard InChI is InChI=1S/C17H17NO3S/c1-22(20)14-9-7-12(8-10-14)16-15(11-19)18-17(21-16)13-5-3-2-4-6-13/h2-10,15-16,19H,11H2,1H3/t15-,16-,22+/m0/s1. The van der Waals surface area contributed by atoms with Gasteiger partial charge < -0.3 is 9.84 Å². The summed E-state index contributed by atoms with van der Waals surface area (Å²) in [6.45, 7) is -0.0809. The van der Waals surface area contributed by atoms with Crippen LogP contribution in [0.3, 0.4) is 0 Å². The van der Waals surface area contributed by atoms with Crippen molar-refractivity contribution in [3.63, 3.8) is 0 Å². The monoisotopic (exact) mass is 315 g/mol. The Bertz CT molecular complexity index is 698. The number of hydrogen-bond donors (Lipinski definition) is 1. The molecule has 2 aromatic rings. The molecule has 0 radical (unpaired) electrons. The van der Waals surface area contributed by atoms with Crippen LogP contribution in [0.1, 0.15) is 17.2 Å². The summed E-state index contributed by atoms with van der Waals surface area (Å²) in [4.78, 5) is 5.25. The highest BCUT2D eigenvalue weighted by molar-refractivity contribution is 7.84. The SMILES string of the molecule is C[S@@](=O)c1ccc([C@@H]2OC(c3ccccc3)=N[C@H]2CO)cc1. The second kappa shape index (κ2) is 6.42. The van der Waals surface area contributed by atoms with E-state index in [0.717, 1.165) is 16.0 Å². The van der Waals surface area contributed by atoms with Crippen molar-refractivity contribution in [3.8, 4) is 0 Å². The van der Waals surface area contributed by atoms with Crippen LogP contribution in [0.15, 0.2) is 64.5 Å². The number of nitrogens with zero attached hydrogens (tertiary/aromatic N) is 1. The number of aliphatic imine (C=N–C) groups is 1. The first-order chi connectivity index (χ1) is 10.7. The minimum atomic E-state index is -1.00. The zero-order chi connectivity index (χ0) is 15.5. The Kier molecular flexibility index (Phi) is 4.36. The fraction of sp³-hybridized carbons (Fsp3) is 0.235. The van der Waals surface area contributed by atoms with Crippen LogP contribution in [-0.2, 0) is 15.5 Å². The van der Waals surface area contributed by atoms with E-state index in [1.165, 1.54) is 0 Å². The second-order valence-corrected chi connectivity index (χ2v) is 6.49. The highest BCUT2D eigenvalue weighted by Crippen LogP contribution is 2.31. The summed E-state index contributed by atoms with van der Waals surface area (Å²) in [5.74, 6) is 0.549. The zero-order valence-corrected chi connectivity index (χ0v) is 13.0. The first-order valence-electron chi connectivity index (χ1n) is 7.03. The van der Waals surface area contributed by atoms with Crippen LogP contribution >= 0.6 is 0 Å². The Balaban J connectivity index is 1.85. The number of aliphatic hydroxyl groups is 1. The van der Waals surface area contributed by atoms with Crippen molar-refractivity contribution in [2.45, 2.75) is 17.0 Å². The van der Waals surface area contributed by atoms with Gasteiger partial charge in [0.25, 0.3) is 0 Å². The molecule has 3 atom stereocenters. The van der Waals surface area contributed by atoms with Crippen molar-refractivity contribution in [1.29, 1.82) is 0 Å². The molecule has 2 aromatic carbocycles. The third-order valence-electron chi connectivity index (χ3n) is 3.62. The van der Waals surface area contributed by atoms with Crippen molar-refractivity contribution < 1.29 is 14.1 Å². The van der Waals surface area contributed by atoms with Gasteiger partial charge in [-0.15, -0.1) is 0 Å². The number of hydrogen-bond acceptors (Lipinski definition) is 4. The van der Waals surface area contributed by atoms with E-state index in [1.807, 2.05) is 54.6 Å².